The van der Waals surface area contributed by atoms with E-state index in [9.17, 15) is 4.79 Å². The quantitative estimate of drug-likeness (QED) is 0.772. The van der Waals surface area contributed by atoms with Crippen molar-refractivity contribution in [3.8, 4) is 0 Å². The van der Waals surface area contributed by atoms with Crippen molar-refractivity contribution in [2.75, 3.05) is 7.05 Å². The first-order valence-electron chi connectivity index (χ1n) is 6.49. The Kier molecular flexibility index (Phi) is 5.85. The van der Waals surface area contributed by atoms with E-state index < -0.39 is 0 Å². The summed E-state index contributed by atoms with van der Waals surface area (Å²) in [5.74, 6) is 0.238. The highest BCUT2D eigenvalue weighted by molar-refractivity contribution is 5.78. The predicted molar refractivity (Wildman–Crippen MR) is 71.7 cm³/mol. The number of carbonyl (C=O) groups excluding carboxylic acids is 1. The molecular weight excluding hydrogens is 228 g/mol. The van der Waals surface area contributed by atoms with E-state index >= 15 is 0 Å². The summed E-state index contributed by atoms with van der Waals surface area (Å²) in [4.78, 5) is 13.9. The molecule has 1 aromatic rings. The summed E-state index contributed by atoms with van der Waals surface area (Å²) in [6.07, 6.45) is 6.43. The zero-order chi connectivity index (χ0) is 13.5. The highest BCUT2D eigenvalue weighted by Crippen LogP contribution is 2.13. The number of hydrogen-bond donors (Lipinski definition) is 2. The molecular formula is C13H24N4O. The monoisotopic (exact) mass is 252 g/mol. The van der Waals surface area contributed by atoms with Crippen LogP contribution in [0.4, 0.5) is 0 Å². The highest BCUT2D eigenvalue weighted by Gasteiger charge is 2.17. The first kappa shape index (κ1) is 14.7. The van der Waals surface area contributed by atoms with Gasteiger partial charge in [-0.3, -0.25) is 9.89 Å². The lowest BCUT2D eigenvalue weighted by Crippen LogP contribution is -2.31. The van der Waals surface area contributed by atoms with Crippen LogP contribution in [0.15, 0.2) is 12.4 Å². The summed E-state index contributed by atoms with van der Waals surface area (Å²) in [7, 11) is 1.83. The van der Waals surface area contributed by atoms with Crippen molar-refractivity contribution in [2.45, 2.75) is 45.7 Å². The average Bonchev–Trinajstić information content (AvgIpc) is 2.80. The van der Waals surface area contributed by atoms with E-state index in [1.807, 2.05) is 27.1 Å². The summed E-state index contributed by atoms with van der Waals surface area (Å²) >= 11 is 0. The van der Waals surface area contributed by atoms with Gasteiger partial charge in [0.2, 0.25) is 5.91 Å². The van der Waals surface area contributed by atoms with Crippen LogP contribution < -0.4 is 5.73 Å². The van der Waals surface area contributed by atoms with Crippen LogP contribution in [0, 0.1) is 5.92 Å². The lowest BCUT2D eigenvalue weighted by atomic mass is 10.0. The molecule has 3 N–H and O–H groups in total. The van der Waals surface area contributed by atoms with Gasteiger partial charge in [-0.2, -0.15) is 5.10 Å². The Balaban J connectivity index is 2.33. The zero-order valence-corrected chi connectivity index (χ0v) is 11.5. The molecule has 0 spiro atoms. The summed E-state index contributed by atoms with van der Waals surface area (Å²) in [5, 5.41) is 6.62. The molecule has 18 heavy (non-hydrogen) atoms. The van der Waals surface area contributed by atoms with E-state index in [1.54, 1.807) is 11.1 Å². The van der Waals surface area contributed by atoms with Gasteiger partial charge in [-0.15, -0.1) is 0 Å². The molecule has 1 amide bonds. The standard InChI is InChI=1S/C13H24N4O/c1-10(5-4-6-11(2)14)13(18)17(3)9-12-7-15-16-8-12/h7-8,10-11H,4-6,9,14H2,1-3H3,(H,15,16). The molecule has 0 radical (unpaired) electrons. The van der Waals surface area contributed by atoms with E-state index in [0.717, 1.165) is 24.8 Å². The fourth-order valence-corrected chi connectivity index (χ4v) is 1.96. The van der Waals surface area contributed by atoms with Gasteiger partial charge in [-0.25, -0.2) is 0 Å². The molecule has 2 atom stereocenters. The molecule has 102 valence electrons. The second kappa shape index (κ2) is 7.16. The van der Waals surface area contributed by atoms with Crippen LogP contribution in [0.2, 0.25) is 0 Å². The van der Waals surface area contributed by atoms with Crippen LogP contribution in [0.25, 0.3) is 0 Å². The molecule has 0 saturated heterocycles. The molecule has 2 unspecified atom stereocenters. The Labute approximate surface area is 109 Å². The van der Waals surface area contributed by atoms with E-state index in [2.05, 4.69) is 10.2 Å². The fraction of sp³-hybridized carbons (Fsp3) is 0.692. The van der Waals surface area contributed by atoms with Crippen molar-refractivity contribution in [1.29, 1.82) is 0 Å². The second-order valence-corrected chi connectivity index (χ2v) is 5.11. The minimum Gasteiger partial charge on any atom is -0.341 e. The summed E-state index contributed by atoms with van der Waals surface area (Å²) in [5.41, 5.74) is 6.72. The molecule has 0 aliphatic carbocycles. The van der Waals surface area contributed by atoms with Crippen LogP contribution in [-0.2, 0) is 11.3 Å². The largest absolute Gasteiger partial charge is 0.341 e. The van der Waals surface area contributed by atoms with Gasteiger partial charge in [0.05, 0.1) is 6.20 Å². The number of nitrogens with two attached hydrogens (primary N) is 1. The Hall–Kier alpha value is -1.36. The maximum atomic E-state index is 12.1. The van der Waals surface area contributed by atoms with Gasteiger partial charge in [0.1, 0.15) is 0 Å². The van der Waals surface area contributed by atoms with Gasteiger partial charge in [-0.1, -0.05) is 13.3 Å². The molecule has 0 aromatic carbocycles. The second-order valence-electron chi connectivity index (χ2n) is 5.11. The number of rotatable bonds is 7. The van der Waals surface area contributed by atoms with E-state index in [1.165, 1.54) is 0 Å². The van der Waals surface area contributed by atoms with Gasteiger partial charge in [0.15, 0.2) is 0 Å². The minimum absolute atomic E-state index is 0.0562. The van der Waals surface area contributed by atoms with Crippen molar-refractivity contribution < 1.29 is 4.79 Å². The topological polar surface area (TPSA) is 75.0 Å². The predicted octanol–water partition coefficient (Wildman–Crippen LogP) is 1.52. The molecule has 1 rings (SSSR count). The molecule has 5 heteroatoms. The van der Waals surface area contributed by atoms with E-state index in [-0.39, 0.29) is 17.9 Å². The van der Waals surface area contributed by atoms with Crippen molar-refractivity contribution >= 4 is 5.91 Å². The molecule has 0 bridgehead atoms. The smallest absolute Gasteiger partial charge is 0.225 e. The SMILES string of the molecule is CC(N)CCCC(C)C(=O)N(C)Cc1cn[nH]c1. The molecule has 1 aromatic heterocycles. The first-order valence-corrected chi connectivity index (χ1v) is 6.49. The number of nitrogens with one attached hydrogen (secondary N) is 1. The van der Waals surface area contributed by atoms with E-state index in [4.69, 9.17) is 5.73 Å². The Bertz CT molecular complexity index is 348. The Morgan fingerprint density at radius 2 is 2.22 bits per heavy atom. The molecule has 0 aliphatic rings. The van der Waals surface area contributed by atoms with Gasteiger partial charge in [0, 0.05) is 37.3 Å². The number of amides is 1. The van der Waals surface area contributed by atoms with Crippen LogP contribution in [0.3, 0.4) is 0 Å². The lowest BCUT2D eigenvalue weighted by molar-refractivity contribution is -0.134. The fourth-order valence-electron chi connectivity index (χ4n) is 1.96. The third-order valence-electron chi connectivity index (χ3n) is 3.07. The van der Waals surface area contributed by atoms with Crippen molar-refractivity contribution in [2.24, 2.45) is 11.7 Å². The lowest BCUT2D eigenvalue weighted by Gasteiger charge is -2.21. The number of H-pyrrole nitrogens is 1. The summed E-state index contributed by atoms with van der Waals surface area (Å²) < 4.78 is 0. The van der Waals surface area contributed by atoms with Gasteiger partial charge in [-0.05, 0) is 19.8 Å². The van der Waals surface area contributed by atoms with Gasteiger partial charge in [0.25, 0.3) is 0 Å². The van der Waals surface area contributed by atoms with Crippen molar-refractivity contribution in [3.05, 3.63) is 18.0 Å². The normalized spacial score (nSPS) is 14.2. The number of carbonyl (C=O) groups is 1. The maximum absolute atomic E-state index is 12.1. The van der Waals surface area contributed by atoms with Crippen molar-refractivity contribution in [3.63, 3.8) is 0 Å². The van der Waals surface area contributed by atoms with Crippen molar-refractivity contribution in [1.82, 2.24) is 15.1 Å². The summed E-state index contributed by atoms with van der Waals surface area (Å²) in [6.45, 7) is 4.58. The molecule has 0 aliphatic heterocycles. The number of nitrogens with zero attached hydrogens (tertiary/aromatic N) is 2. The Morgan fingerprint density at radius 1 is 1.50 bits per heavy atom. The van der Waals surface area contributed by atoms with Crippen LogP contribution in [-0.4, -0.2) is 34.1 Å². The first-order chi connectivity index (χ1) is 8.50. The molecule has 0 fully saturated rings. The third kappa shape index (κ3) is 4.87. The van der Waals surface area contributed by atoms with Gasteiger partial charge >= 0.3 is 0 Å². The average molecular weight is 252 g/mol. The van der Waals surface area contributed by atoms with Crippen LogP contribution >= 0.6 is 0 Å². The molecule has 1 heterocycles. The number of hydrogen-bond acceptors (Lipinski definition) is 3. The maximum Gasteiger partial charge on any atom is 0.225 e. The number of aromatic nitrogens is 2. The van der Waals surface area contributed by atoms with E-state index in [0.29, 0.717) is 6.54 Å². The van der Waals surface area contributed by atoms with Crippen LogP contribution in [0.1, 0.15) is 38.7 Å². The minimum atomic E-state index is 0.0562. The molecule has 5 nitrogen and oxygen atoms in total. The number of aromatic amines is 1. The third-order valence-corrected chi connectivity index (χ3v) is 3.07. The Morgan fingerprint density at radius 3 is 2.78 bits per heavy atom. The van der Waals surface area contributed by atoms with Crippen LogP contribution in [0.5, 0.6) is 0 Å². The van der Waals surface area contributed by atoms with Gasteiger partial charge < -0.3 is 10.6 Å². The summed E-state index contributed by atoms with van der Waals surface area (Å²) in [6, 6.07) is 0.218. The zero-order valence-electron chi connectivity index (χ0n) is 11.5. The molecule has 0 saturated carbocycles. The highest BCUT2D eigenvalue weighted by atomic mass is 16.2.